The molecule has 2 aliphatic rings. The molecular formula is C20H24N2O3. The van der Waals surface area contributed by atoms with Gasteiger partial charge in [-0.1, -0.05) is 30.3 Å². The van der Waals surface area contributed by atoms with Crippen molar-refractivity contribution in [2.24, 2.45) is 0 Å². The highest BCUT2D eigenvalue weighted by Gasteiger charge is 2.37. The van der Waals surface area contributed by atoms with Crippen LogP contribution in [0, 0.1) is 0 Å². The van der Waals surface area contributed by atoms with E-state index in [2.05, 4.69) is 29.2 Å². The average molecular weight is 340 g/mol. The Hall–Kier alpha value is -2.11. The first-order valence-corrected chi connectivity index (χ1v) is 9.03. The first-order valence-electron chi connectivity index (χ1n) is 9.03. The van der Waals surface area contributed by atoms with Crippen LogP contribution in [-0.4, -0.2) is 48.1 Å². The van der Waals surface area contributed by atoms with Crippen LogP contribution in [0.1, 0.15) is 30.2 Å². The molecule has 2 aromatic rings. The molecule has 0 saturated carbocycles. The molecule has 5 heteroatoms. The van der Waals surface area contributed by atoms with Crippen LogP contribution in [0.15, 0.2) is 53.1 Å². The van der Waals surface area contributed by atoms with Crippen molar-refractivity contribution in [2.75, 3.05) is 26.2 Å². The molecule has 1 amide bonds. The Kier molecular flexibility index (Phi) is 4.85. The number of carbonyl (C=O) groups is 1. The van der Waals surface area contributed by atoms with E-state index < -0.39 is 0 Å². The largest absolute Gasteiger partial charge is 0.467 e. The zero-order valence-corrected chi connectivity index (χ0v) is 14.3. The summed E-state index contributed by atoms with van der Waals surface area (Å²) in [7, 11) is 0. The van der Waals surface area contributed by atoms with E-state index in [1.807, 2.05) is 23.1 Å². The number of rotatable bonds is 4. The Labute approximate surface area is 148 Å². The number of furan rings is 1. The number of carbonyl (C=O) groups excluding carboxylic acids is 1. The Morgan fingerprint density at radius 2 is 2.00 bits per heavy atom. The molecule has 2 atom stereocenters. The fourth-order valence-electron chi connectivity index (χ4n) is 3.83. The predicted molar refractivity (Wildman–Crippen MR) is 93.9 cm³/mol. The number of hydrogen-bond acceptors (Lipinski definition) is 4. The van der Waals surface area contributed by atoms with Crippen molar-refractivity contribution < 1.29 is 13.9 Å². The molecule has 2 aliphatic heterocycles. The molecule has 0 radical (unpaired) electrons. The van der Waals surface area contributed by atoms with Crippen molar-refractivity contribution in [1.29, 1.82) is 0 Å². The van der Waals surface area contributed by atoms with E-state index in [1.165, 1.54) is 5.56 Å². The van der Waals surface area contributed by atoms with Gasteiger partial charge in [0, 0.05) is 26.2 Å². The number of amides is 1. The molecular weight excluding hydrogens is 316 g/mol. The first kappa shape index (κ1) is 16.4. The van der Waals surface area contributed by atoms with Crippen molar-refractivity contribution in [3.8, 4) is 0 Å². The lowest BCUT2D eigenvalue weighted by molar-refractivity contribution is -0.151. The first-order chi connectivity index (χ1) is 12.3. The monoisotopic (exact) mass is 340 g/mol. The quantitative estimate of drug-likeness (QED) is 0.859. The third kappa shape index (κ3) is 3.62. The van der Waals surface area contributed by atoms with Gasteiger partial charge >= 0.3 is 0 Å². The van der Waals surface area contributed by atoms with Crippen LogP contribution < -0.4 is 0 Å². The van der Waals surface area contributed by atoms with Gasteiger partial charge in [0.25, 0.3) is 5.91 Å². The van der Waals surface area contributed by atoms with Gasteiger partial charge in [0.1, 0.15) is 11.9 Å². The van der Waals surface area contributed by atoms with E-state index in [9.17, 15) is 4.79 Å². The average Bonchev–Trinajstić information content (AvgIpc) is 3.33. The zero-order chi connectivity index (χ0) is 17.1. The van der Waals surface area contributed by atoms with Gasteiger partial charge in [-0.05, 0) is 30.5 Å². The Bertz CT molecular complexity index is 686. The van der Waals surface area contributed by atoms with Crippen LogP contribution in [0.3, 0.4) is 0 Å². The number of benzene rings is 1. The van der Waals surface area contributed by atoms with Gasteiger partial charge in [-0.15, -0.1) is 0 Å². The van der Waals surface area contributed by atoms with E-state index in [0.717, 1.165) is 38.2 Å². The maximum absolute atomic E-state index is 13.0. The van der Waals surface area contributed by atoms with E-state index >= 15 is 0 Å². The number of likely N-dealkylation sites (tertiary alicyclic amines) is 1. The minimum Gasteiger partial charge on any atom is -0.467 e. The van der Waals surface area contributed by atoms with Crippen LogP contribution >= 0.6 is 0 Å². The number of nitrogens with zero attached hydrogens (tertiary/aromatic N) is 2. The van der Waals surface area contributed by atoms with Gasteiger partial charge < -0.3 is 14.1 Å². The summed E-state index contributed by atoms with van der Waals surface area (Å²) in [6.07, 6.45) is 3.26. The SMILES string of the molecule is O=C(C1CN(Cc2ccccc2)CCO1)N1CCCC1c1ccco1. The van der Waals surface area contributed by atoms with Gasteiger partial charge in [-0.25, -0.2) is 0 Å². The summed E-state index contributed by atoms with van der Waals surface area (Å²) < 4.78 is 11.4. The van der Waals surface area contributed by atoms with Gasteiger partial charge in [-0.3, -0.25) is 9.69 Å². The zero-order valence-electron chi connectivity index (χ0n) is 14.3. The van der Waals surface area contributed by atoms with Crippen LogP contribution in [0.2, 0.25) is 0 Å². The minimum absolute atomic E-state index is 0.0515. The Morgan fingerprint density at radius 1 is 1.12 bits per heavy atom. The smallest absolute Gasteiger partial charge is 0.253 e. The summed E-state index contributed by atoms with van der Waals surface area (Å²) in [6.45, 7) is 3.75. The molecule has 2 saturated heterocycles. The van der Waals surface area contributed by atoms with Crippen LogP contribution in [0.5, 0.6) is 0 Å². The summed E-state index contributed by atoms with van der Waals surface area (Å²) >= 11 is 0. The van der Waals surface area contributed by atoms with E-state index in [1.54, 1.807) is 6.26 Å². The fraction of sp³-hybridized carbons (Fsp3) is 0.450. The maximum atomic E-state index is 13.0. The number of morpholine rings is 1. The lowest BCUT2D eigenvalue weighted by Gasteiger charge is -2.35. The van der Waals surface area contributed by atoms with Crippen molar-refractivity contribution in [3.05, 3.63) is 60.1 Å². The second-order valence-corrected chi connectivity index (χ2v) is 6.79. The minimum atomic E-state index is -0.381. The van der Waals surface area contributed by atoms with Crippen molar-refractivity contribution in [2.45, 2.75) is 31.5 Å². The van der Waals surface area contributed by atoms with Crippen molar-refractivity contribution in [1.82, 2.24) is 9.80 Å². The van der Waals surface area contributed by atoms with Gasteiger partial charge in [-0.2, -0.15) is 0 Å². The topological polar surface area (TPSA) is 45.9 Å². The third-order valence-corrected chi connectivity index (χ3v) is 5.08. The molecule has 1 aromatic carbocycles. The molecule has 2 unspecified atom stereocenters. The number of ether oxygens (including phenoxy) is 1. The molecule has 0 spiro atoms. The standard InChI is InChI=1S/C20H24N2O3/c23-20(22-10-4-8-17(22)18-9-5-12-24-18)19-15-21(11-13-25-19)14-16-6-2-1-3-7-16/h1-3,5-7,9,12,17,19H,4,8,10-11,13-15H2. The molecule has 0 N–H and O–H groups in total. The predicted octanol–water partition coefficient (Wildman–Crippen LogP) is 2.84. The lowest BCUT2D eigenvalue weighted by atomic mass is 10.1. The summed E-state index contributed by atoms with van der Waals surface area (Å²) in [4.78, 5) is 17.3. The summed E-state index contributed by atoms with van der Waals surface area (Å²) in [5, 5.41) is 0. The van der Waals surface area contributed by atoms with Gasteiger partial charge in [0.15, 0.2) is 0 Å². The van der Waals surface area contributed by atoms with Crippen LogP contribution in [-0.2, 0) is 16.1 Å². The summed E-state index contributed by atoms with van der Waals surface area (Å²) in [6, 6.07) is 14.3. The molecule has 2 fully saturated rings. The van der Waals surface area contributed by atoms with E-state index in [-0.39, 0.29) is 18.1 Å². The molecule has 132 valence electrons. The van der Waals surface area contributed by atoms with Gasteiger partial charge in [0.2, 0.25) is 0 Å². The molecule has 5 nitrogen and oxygen atoms in total. The molecule has 4 rings (SSSR count). The molecule has 25 heavy (non-hydrogen) atoms. The highest BCUT2D eigenvalue weighted by atomic mass is 16.5. The third-order valence-electron chi connectivity index (χ3n) is 5.08. The van der Waals surface area contributed by atoms with E-state index in [4.69, 9.17) is 9.15 Å². The molecule has 3 heterocycles. The van der Waals surface area contributed by atoms with E-state index in [0.29, 0.717) is 13.2 Å². The van der Waals surface area contributed by atoms with Crippen LogP contribution in [0.25, 0.3) is 0 Å². The second-order valence-electron chi connectivity index (χ2n) is 6.79. The normalized spacial score (nSPS) is 24.6. The van der Waals surface area contributed by atoms with Gasteiger partial charge in [0.05, 0.1) is 18.9 Å². The highest BCUT2D eigenvalue weighted by Crippen LogP contribution is 2.33. The van der Waals surface area contributed by atoms with Crippen molar-refractivity contribution in [3.63, 3.8) is 0 Å². The highest BCUT2D eigenvalue weighted by molar-refractivity contribution is 5.82. The molecule has 0 bridgehead atoms. The number of hydrogen-bond donors (Lipinski definition) is 0. The Balaban J connectivity index is 1.41. The van der Waals surface area contributed by atoms with Crippen molar-refractivity contribution >= 4 is 5.91 Å². The summed E-state index contributed by atoms with van der Waals surface area (Å²) in [5.41, 5.74) is 1.27. The lowest BCUT2D eigenvalue weighted by Crippen LogP contribution is -2.50. The second kappa shape index (κ2) is 7.42. The summed E-state index contributed by atoms with van der Waals surface area (Å²) in [5.74, 6) is 0.972. The molecule has 0 aliphatic carbocycles. The van der Waals surface area contributed by atoms with Crippen LogP contribution in [0.4, 0.5) is 0 Å². The molecule has 1 aromatic heterocycles. The fourth-order valence-corrected chi connectivity index (χ4v) is 3.83. The maximum Gasteiger partial charge on any atom is 0.253 e. The Morgan fingerprint density at radius 3 is 2.80 bits per heavy atom.